The summed E-state index contributed by atoms with van der Waals surface area (Å²) in [6.45, 7) is 4.13. The van der Waals surface area contributed by atoms with Crippen molar-refractivity contribution in [2.24, 2.45) is 0 Å². The lowest BCUT2D eigenvalue weighted by molar-refractivity contribution is -0.129. The number of benzene rings is 1. The molecule has 0 radical (unpaired) electrons. The van der Waals surface area contributed by atoms with Crippen LogP contribution in [0.1, 0.15) is 38.2 Å². The molecule has 0 unspecified atom stereocenters. The fraction of sp³-hybridized carbons (Fsp3) is 0.423. The average Bonchev–Trinajstić information content (AvgIpc) is 3.23. The number of nitrogens with zero attached hydrogens (tertiary/aromatic N) is 4. The lowest BCUT2D eigenvalue weighted by Crippen LogP contribution is -2.49. The Bertz CT molecular complexity index is 1260. The number of halogens is 1. The summed E-state index contributed by atoms with van der Waals surface area (Å²) in [5, 5.41) is 9.97. The van der Waals surface area contributed by atoms with Crippen molar-refractivity contribution in [3.8, 4) is 11.5 Å². The molecule has 3 amide bonds. The van der Waals surface area contributed by atoms with Crippen molar-refractivity contribution in [2.45, 2.75) is 45.7 Å². The minimum absolute atomic E-state index is 0.117. The molecule has 1 aromatic carbocycles. The number of aromatic nitrogens is 2. The number of ether oxygens (including phenoxy) is 2. The van der Waals surface area contributed by atoms with Crippen LogP contribution in [0.2, 0.25) is 5.02 Å². The molecule has 198 valence electrons. The number of hydrogen-bond donors (Lipinski definition) is 2. The Morgan fingerprint density at radius 3 is 2.81 bits per heavy atom. The van der Waals surface area contributed by atoms with E-state index in [0.29, 0.717) is 53.8 Å². The normalized spacial score (nSPS) is 13.8. The number of nitrogens with one attached hydrogen (secondary N) is 1. The first kappa shape index (κ1) is 26.6. The Kier molecular flexibility index (Phi) is 8.73. The van der Waals surface area contributed by atoms with Gasteiger partial charge in [-0.05, 0) is 36.6 Å². The predicted octanol–water partition coefficient (Wildman–Crippen LogP) is 4.61. The van der Waals surface area contributed by atoms with Gasteiger partial charge < -0.3 is 18.9 Å². The van der Waals surface area contributed by atoms with Crippen LogP contribution < -0.4 is 19.9 Å². The molecule has 0 spiro atoms. The molecule has 0 atom stereocenters. The van der Waals surface area contributed by atoms with E-state index in [1.807, 2.05) is 24.3 Å². The van der Waals surface area contributed by atoms with Gasteiger partial charge in [0, 0.05) is 49.2 Å². The molecule has 11 heteroatoms. The van der Waals surface area contributed by atoms with Gasteiger partial charge in [0.2, 0.25) is 0 Å². The molecule has 0 saturated carbocycles. The Labute approximate surface area is 220 Å². The van der Waals surface area contributed by atoms with Crippen molar-refractivity contribution in [1.82, 2.24) is 19.9 Å². The van der Waals surface area contributed by atoms with Crippen LogP contribution >= 0.6 is 11.6 Å². The first-order valence-electron chi connectivity index (χ1n) is 12.4. The summed E-state index contributed by atoms with van der Waals surface area (Å²) in [6.07, 6.45) is 7.17. The number of hydroxylamine groups is 1. The number of methoxy groups -OCH3 is 1. The van der Waals surface area contributed by atoms with Gasteiger partial charge in [0.15, 0.2) is 11.5 Å². The molecule has 1 aliphatic heterocycles. The fourth-order valence-corrected chi connectivity index (χ4v) is 4.85. The second-order valence-corrected chi connectivity index (χ2v) is 9.32. The van der Waals surface area contributed by atoms with Gasteiger partial charge in [0.25, 0.3) is 5.91 Å². The molecule has 3 aromatic rings. The third kappa shape index (κ3) is 5.91. The Balaban J connectivity index is 1.55. The van der Waals surface area contributed by atoms with Gasteiger partial charge in [-0.1, -0.05) is 31.4 Å². The second-order valence-electron chi connectivity index (χ2n) is 8.91. The van der Waals surface area contributed by atoms with Crippen molar-refractivity contribution in [2.75, 3.05) is 31.7 Å². The SMILES string of the molecule is CCCCCOc1cc(N2CCCN(Cc3ccnc4c3c(Cl)cn4CC(=O)NO)C2=O)ccc1OC. The number of fused-ring (bicyclic) bond motifs is 1. The quantitative estimate of drug-likeness (QED) is 0.213. The lowest BCUT2D eigenvalue weighted by atomic mass is 10.1. The van der Waals surface area contributed by atoms with Crippen LogP contribution in [0.15, 0.2) is 36.7 Å². The van der Waals surface area contributed by atoms with Gasteiger partial charge in [0.05, 0.1) is 18.7 Å². The van der Waals surface area contributed by atoms with Gasteiger partial charge in [-0.15, -0.1) is 0 Å². The fourth-order valence-electron chi connectivity index (χ4n) is 4.53. The van der Waals surface area contributed by atoms with E-state index >= 15 is 0 Å². The van der Waals surface area contributed by atoms with E-state index in [-0.39, 0.29) is 12.6 Å². The second kappa shape index (κ2) is 12.2. The zero-order chi connectivity index (χ0) is 26.4. The third-order valence-corrected chi connectivity index (χ3v) is 6.66. The maximum Gasteiger partial charge on any atom is 0.324 e. The summed E-state index contributed by atoms with van der Waals surface area (Å²) in [4.78, 5) is 33.1. The standard InChI is InChI=1S/C26H32ClN5O5/c1-3-4-5-13-37-22-14-19(7-8-21(22)36-2)32-12-6-11-30(26(32)34)15-18-9-10-28-25-24(18)20(27)16-31(25)17-23(33)29-35/h7-10,14,16,35H,3-6,11-13,15,17H2,1-2H3,(H,29,33). The van der Waals surface area contributed by atoms with E-state index in [0.717, 1.165) is 36.9 Å². The van der Waals surface area contributed by atoms with Crippen molar-refractivity contribution >= 4 is 40.3 Å². The summed E-state index contributed by atoms with van der Waals surface area (Å²) in [5.74, 6) is 0.669. The minimum Gasteiger partial charge on any atom is -0.493 e. The number of urea groups is 1. The van der Waals surface area contributed by atoms with Gasteiger partial charge in [-0.3, -0.25) is 14.9 Å². The molecular weight excluding hydrogens is 498 g/mol. The summed E-state index contributed by atoms with van der Waals surface area (Å²) < 4.78 is 13.0. The van der Waals surface area contributed by atoms with Crippen LogP contribution in [0.25, 0.3) is 11.0 Å². The first-order chi connectivity index (χ1) is 18.0. The molecule has 1 saturated heterocycles. The highest BCUT2D eigenvalue weighted by molar-refractivity contribution is 6.35. The topological polar surface area (TPSA) is 109 Å². The molecule has 2 aromatic heterocycles. The number of unbranched alkanes of at least 4 members (excludes halogenated alkanes) is 2. The molecule has 10 nitrogen and oxygen atoms in total. The molecule has 0 aliphatic carbocycles. The maximum absolute atomic E-state index is 13.6. The highest BCUT2D eigenvalue weighted by Gasteiger charge is 2.28. The Morgan fingerprint density at radius 2 is 2.05 bits per heavy atom. The minimum atomic E-state index is -0.587. The Morgan fingerprint density at radius 1 is 1.22 bits per heavy atom. The van der Waals surface area contributed by atoms with Gasteiger partial charge in [0.1, 0.15) is 12.2 Å². The number of anilines is 1. The summed E-state index contributed by atoms with van der Waals surface area (Å²) in [5.41, 5.74) is 3.70. The Hall–Kier alpha value is -3.50. The number of amides is 3. The molecule has 3 heterocycles. The van der Waals surface area contributed by atoms with Gasteiger partial charge in [-0.2, -0.15) is 0 Å². The van der Waals surface area contributed by atoms with Crippen LogP contribution in [-0.2, 0) is 17.9 Å². The van der Waals surface area contributed by atoms with E-state index in [1.54, 1.807) is 39.4 Å². The van der Waals surface area contributed by atoms with E-state index in [4.69, 9.17) is 26.3 Å². The molecule has 37 heavy (non-hydrogen) atoms. The highest BCUT2D eigenvalue weighted by atomic mass is 35.5. The number of carbonyl (C=O) groups excluding carboxylic acids is 2. The van der Waals surface area contributed by atoms with E-state index in [2.05, 4.69) is 11.9 Å². The zero-order valence-corrected chi connectivity index (χ0v) is 21.8. The van der Waals surface area contributed by atoms with Gasteiger partial charge >= 0.3 is 6.03 Å². The zero-order valence-electron chi connectivity index (χ0n) is 21.1. The molecule has 4 rings (SSSR count). The number of rotatable bonds is 11. The molecule has 0 bridgehead atoms. The van der Waals surface area contributed by atoms with Crippen LogP contribution in [0.5, 0.6) is 11.5 Å². The maximum atomic E-state index is 13.6. The van der Waals surface area contributed by atoms with E-state index in [9.17, 15) is 9.59 Å². The van der Waals surface area contributed by atoms with Crippen molar-refractivity contribution in [1.29, 1.82) is 0 Å². The van der Waals surface area contributed by atoms with Crippen molar-refractivity contribution in [3.05, 3.63) is 47.2 Å². The largest absolute Gasteiger partial charge is 0.493 e. The van der Waals surface area contributed by atoms with Crippen molar-refractivity contribution < 1.29 is 24.3 Å². The number of carbonyl (C=O) groups is 2. The van der Waals surface area contributed by atoms with E-state index < -0.39 is 5.91 Å². The predicted molar refractivity (Wildman–Crippen MR) is 140 cm³/mol. The van der Waals surface area contributed by atoms with Gasteiger partial charge in [-0.25, -0.2) is 15.3 Å². The third-order valence-electron chi connectivity index (χ3n) is 6.37. The number of hydrogen-bond acceptors (Lipinski definition) is 6. The molecule has 1 fully saturated rings. The first-order valence-corrected chi connectivity index (χ1v) is 12.8. The summed E-state index contributed by atoms with van der Waals surface area (Å²) in [7, 11) is 1.60. The molecule has 1 aliphatic rings. The molecular formula is C26H32ClN5O5. The van der Waals surface area contributed by atoms with Crippen LogP contribution in [0, 0.1) is 0 Å². The monoisotopic (exact) mass is 529 g/mol. The smallest absolute Gasteiger partial charge is 0.324 e. The summed E-state index contributed by atoms with van der Waals surface area (Å²) >= 11 is 6.50. The van der Waals surface area contributed by atoms with Crippen LogP contribution in [0.4, 0.5) is 10.5 Å². The van der Waals surface area contributed by atoms with E-state index in [1.165, 1.54) is 0 Å². The lowest BCUT2D eigenvalue weighted by Gasteiger charge is -2.36. The van der Waals surface area contributed by atoms with Crippen LogP contribution in [0.3, 0.4) is 0 Å². The van der Waals surface area contributed by atoms with Crippen LogP contribution in [-0.4, -0.2) is 58.4 Å². The molecule has 2 N–H and O–H groups in total. The van der Waals surface area contributed by atoms with Crippen molar-refractivity contribution in [3.63, 3.8) is 0 Å². The summed E-state index contributed by atoms with van der Waals surface area (Å²) in [6, 6.07) is 7.27. The number of pyridine rings is 1. The average molecular weight is 530 g/mol. The highest BCUT2D eigenvalue weighted by Crippen LogP contribution is 2.34.